The Hall–Kier alpha value is -2.00. The molecule has 0 aromatic heterocycles. The number of phenolic OH excluding ortho intramolecular Hbond substituents is 1. The van der Waals surface area contributed by atoms with Crippen LogP contribution in [-0.4, -0.2) is 12.2 Å². The molecular formula is C18H21NO2. The summed E-state index contributed by atoms with van der Waals surface area (Å²) in [7, 11) is 1.71. The quantitative estimate of drug-likeness (QED) is 0.901. The fourth-order valence-corrected chi connectivity index (χ4v) is 3.09. The van der Waals surface area contributed by atoms with Crippen LogP contribution in [0.1, 0.15) is 35.6 Å². The van der Waals surface area contributed by atoms with Crippen molar-refractivity contribution in [2.45, 2.75) is 31.8 Å². The van der Waals surface area contributed by atoms with Crippen molar-refractivity contribution in [3.63, 3.8) is 0 Å². The number of ether oxygens (including phenoxy) is 1. The molecule has 3 heteroatoms. The fourth-order valence-electron chi connectivity index (χ4n) is 3.09. The molecule has 0 saturated heterocycles. The minimum atomic E-state index is 0.347. The summed E-state index contributed by atoms with van der Waals surface area (Å²) in [5, 5.41) is 13.2. The van der Waals surface area contributed by atoms with Gasteiger partial charge in [-0.05, 0) is 48.6 Å². The number of rotatable bonds is 4. The Balaban J connectivity index is 1.75. The highest BCUT2D eigenvalue weighted by atomic mass is 16.5. The molecule has 0 amide bonds. The fraction of sp³-hybridized carbons (Fsp3) is 0.333. The normalized spacial score (nSPS) is 17.3. The summed E-state index contributed by atoms with van der Waals surface area (Å²) in [6, 6.07) is 14.2. The number of benzene rings is 2. The zero-order valence-electron chi connectivity index (χ0n) is 12.3. The van der Waals surface area contributed by atoms with Gasteiger partial charge < -0.3 is 15.2 Å². The van der Waals surface area contributed by atoms with E-state index in [4.69, 9.17) is 4.74 Å². The van der Waals surface area contributed by atoms with Gasteiger partial charge in [0.2, 0.25) is 0 Å². The van der Waals surface area contributed by atoms with E-state index in [1.54, 1.807) is 13.2 Å². The Labute approximate surface area is 125 Å². The molecule has 2 N–H and O–H groups in total. The maximum absolute atomic E-state index is 9.61. The van der Waals surface area contributed by atoms with Crippen molar-refractivity contribution < 1.29 is 9.84 Å². The maximum Gasteiger partial charge on any atom is 0.123 e. The first-order chi connectivity index (χ1) is 10.3. The number of hydrogen-bond acceptors (Lipinski definition) is 3. The molecule has 1 atom stereocenters. The van der Waals surface area contributed by atoms with E-state index in [1.807, 2.05) is 30.3 Å². The zero-order chi connectivity index (χ0) is 14.7. The third-order valence-corrected chi connectivity index (χ3v) is 4.17. The van der Waals surface area contributed by atoms with E-state index >= 15 is 0 Å². The predicted molar refractivity (Wildman–Crippen MR) is 83.6 cm³/mol. The minimum absolute atomic E-state index is 0.347. The van der Waals surface area contributed by atoms with Crippen molar-refractivity contribution in [3.8, 4) is 11.5 Å². The summed E-state index contributed by atoms with van der Waals surface area (Å²) < 4.78 is 5.40. The molecule has 0 aliphatic heterocycles. The van der Waals surface area contributed by atoms with Crippen molar-refractivity contribution >= 4 is 0 Å². The van der Waals surface area contributed by atoms with Crippen molar-refractivity contribution in [3.05, 3.63) is 59.2 Å². The Kier molecular flexibility index (Phi) is 4.11. The van der Waals surface area contributed by atoms with Gasteiger partial charge in [0.25, 0.3) is 0 Å². The third-order valence-electron chi connectivity index (χ3n) is 4.17. The summed E-state index contributed by atoms with van der Waals surface area (Å²) in [5.41, 5.74) is 3.75. The summed E-state index contributed by atoms with van der Waals surface area (Å²) in [6.45, 7) is 0.787. The van der Waals surface area contributed by atoms with Crippen LogP contribution in [-0.2, 0) is 13.0 Å². The lowest BCUT2D eigenvalue weighted by molar-refractivity contribution is 0.401. The smallest absolute Gasteiger partial charge is 0.123 e. The molecule has 0 fully saturated rings. The number of aromatic hydroxyl groups is 1. The summed E-state index contributed by atoms with van der Waals surface area (Å²) in [6.07, 6.45) is 3.34. The molecule has 0 heterocycles. The van der Waals surface area contributed by atoms with E-state index < -0.39 is 0 Å². The number of methoxy groups -OCH3 is 1. The van der Waals surface area contributed by atoms with Gasteiger partial charge in [-0.15, -0.1) is 0 Å². The average molecular weight is 283 g/mol. The number of para-hydroxylation sites is 1. The lowest BCUT2D eigenvalue weighted by Gasteiger charge is -2.27. The van der Waals surface area contributed by atoms with Crippen LogP contribution in [0.4, 0.5) is 0 Å². The van der Waals surface area contributed by atoms with Crippen LogP contribution in [0, 0.1) is 0 Å². The Morgan fingerprint density at radius 3 is 2.95 bits per heavy atom. The first kappa shape index (κ1) is 14.0. The highest BCUT2D eigenvalue weighted by molar-refractivity contribution is 5.39. The molecule has 0 radical (unpaired) electrons. The molecular weight excluding hydrogens is 262 g/mol. The second kappa shape index (κ2) is 6.19. The van der Waals surface area contributed by atoms with Gasteiger partial charge in [-0.1, -0.05) is 24.3 Å². The minimum Gasteiger partial charge on any atom is -0.508 e. The maximum atomic E-state index is 9.61. The monoisotopic (exact) mass is 283 g/mol. The molecule has 0 bridgehead atoms. The van der Waals surface area contributed by atoms with Gasteiger partial charge in [-0.3, -0.25) is 0 Å². The zero-order valence-corrected chi connectivity index (χ0v) is 12.3. The van der Waals surface area contributed by atoms with E-state index in [0.29, 0.717) is 11.8 Å². The molecule has 3 nitrogen and oxygen atoms in total. The molecule has 110 valence electrons. The largest absolute Gasteiger partial charge is 0.508 e. The van der Waals surface area contributed by atoms with E-state index in [2.05, 4.69) is 11.4 Å². The van der Waals surface area contributed by atoms with Crippen LogP contribution in [0.2, 0.25) is 0 Å². The van der Waals surface area contributed by atoms with Crippen LogP contribution < -0.4 is 10.1 Å². The van der Waals surface area contributed by atoms with E-state index in [9.17, 15) is 5.11 Å². The van der Waals surface area contributed by atoms with Gasteiger partial charge >= 0.3 is 0 Å². The number of phenols is 1. The molecule has 1 aliphatic carbocycles. The topological polar surface area (TPSA) is 41.5 Å². The molecule has 3 rings (SSSR count). The Morgan fingerprint density at radius 2 is 2.10 bits per heavy atom. The van der Waals surface area contributed by atoms with Gasteiger partial charge in [0, 0.05) is 18.2 Å². The molecule has 1 unspecified atom stereocenters. The summed E-state index contributed by atoms with van der Waals surface area (Å²) in [4.78, 5) is 0. The lowest BCUT2D eigenvalue weighted by Crippen LogP contribution is -2.25. The number of fused-ring (bicyclic) bond motifs is 1. The third kappa shape index (κ3) is 3.03. The van der Waals surface area contributed by atoms with Crippen molar-refractivity contribution in [2.75, 3.05) is 7.11 Å². The summed E-state index contributed by atoms with van der Waals surface area (Å²) in [5.74, 6) is 1.28. The Morgan fingerprint density at radius 1 is 1.24 bits per heavy atom. The predicted octanol–water partition coefficient (Wildman–Crippen LogP) is 3.57. The van der Waals surface area contributed by atoms with Gasteiger partial charge in [-0.25, -0.2) is 0 Å². The van der Waals surface area contributed by atoms with E-state index in [1.165, 1.54) is 16.7 Å². The molecule has 0 spiro atoms. The SMILES string of the molecule is COc1ccccc1CNC1CCCc2cc(O)ccc21. The average Bonchev–Trinajstić information content (AvgIpc) is 2.52. The van der Waals surface area contributed by atoms with E-state index in [0.717, 1.165) is 31.6 Å². The van der Waals surface area contributed by atoms with Gasteiger partial charge in [-0.2, -0.15) is 0 Å². The summed E-state index contributed by atoms with van der Waals surface area (Å²) >= 11 is 0. The van der Waals surface area contributed by atoms with Crippen molar-refractivity contribution in [2.24, 2.45) is 0 Å². The lowest BCUT2D eigenvalue weighted by atomic mass is 9.87. The van der Waals surface area contributed by atoms with Crippen LogP contribution in [0.5, 0.6) is 11.5 Å². The van der Waals surface area contributed by atoms with Gasteiger partial charge in [0.15, 0.2) is 0 Å². The standard InChI is InChI=1S/C18H21NO2/c1-21-18-8-3-2-5-14(18)12-19-17-7-4-6-13-11-15(20)9-10-16(13)17/h2-3,5,8-11,17,19-20H,4,6-7,12H2,1H3. The number of nitrogens with one attached hydrogen (secondary N) is 1. The first-order valence-electron chi connectivity index (χ1n) is 7.45. The molecule has 2 aromatic carbocycles. The first-order valence-corrected chi connectivity index (χ1v) is 7.45. The van der Waals surface area contributed by atoms with Crippen LogP contribution in [0.25, 0.3) is 0 Å². The van der Waals surface area contributed by atoms with Gasteiger partial charge in [0.1, 0.15) is 11.5 Å². The van der Waals surface area contributed by atoms with Crippen LogP contribution >= 0.6 is 0 Å². The second-order valence-electron chi connectivity index (χ2n) is 5.52. The van der Waals surface area contributed by atoms with Crippen LogP contribution in [0.15, 0.2) is 42.5 Å². The van der Waals surface area contributed by atoms with E-state index in [-0.39, 0.29) is 0 Å². The van der Waals surface area contributed by atoms with Crippen molar-refractivity contribution in [1.82, 2.24) is 5.32 Å². The van der Waals surface area contributed by atoms with Crippen molar-refractivity contribution in [1.29, 1.82) is 0 Å². The Bertz CT molecular complexity index is 624. The number of aryl methyl sites for hydroxylation is 1. The molecule has 2 aromatic rings. The highest BCUT2D eigenvalue weighted by Crippen LogP contribution is 2.32. The number of hydrogen-bond donors (Lipinski definition) is 2. The highest BCUT2D eigenvalue weighted by Gasteiger charge is 2.20. The second-order valence-corrected chi connectivity index (χ2v) is 5.52. The molecule has 1 aliphatic rings. The molecule has 21 heavy (non-hydrogen) atoms. The van der Waals surface area contributed by atoms with Crippen LogP contribution in [0.3, 0.4) is 0 Å². The van der Waals surface area contributed by atoms with Gasteiger partial charge in [0.05, 0.1) is 7.11 Å². The molecule has 0 saturated carbocycles.